The molecule has 1 amide bonds. The molecule has 1 unspecified atom stereocenters. The fraction of sp³-hybridized carbons (Fsp3) is 0.562. The lowest BCUT2D eigenvalue weighted by atomic mass is 10.1. The second kappa shape index (κ2) is 9.23. The van der Waals surface area contributed by atoms with E-state index in [1.165, 1.54) is 0 Å². The number of anilines is 2. The van der Waals surface area contributed by atoms with E-state index in [1.54, 1.807) is 25.3 Å². The van der Waals surface area contributed by atoms with Crippen LogP contribution in [0.5, 0.6) is 5.75 Å². The van der Waals surface area contributed by atoms with Gasteiger partial charge in [-0.15, -0.1) is 0 Å². The predicted octanol–water partition coefficient (Wildman–Crippen LogP) is 3.06. The Bertz CT molecular complexity index is 449. The van der Waals surface area contributed by atoms with Gasteiger partial charge in [0.05, 0.1) is 31.5 Å². The zero-order chi connectivity index (χ0) is 15.7. The molecule has 0 aliphatic rings. The Labute approximate surface area is 126 Å². The van der Waals surface area contributed by atoms with Crippen molar-refractivity contribution in [1.29, 1.82) is 0 Å². The highest BCUT2D eigenvalue weighted by Gasteiger charge is 2.07. The summed E-state index contributed by atoms with van der Waals surface area (Å²) in [6, 6.07) is 5.17. The normalized spacial score (nSPS) is 12.0. The standard InChI is InChI=1S/C16H26N2O3/c1-4-5-12(2)11-21-9-8-16(19)18-15-7-6-13(20-3)10-14(15)17/h6-7,10,12H,4-5,8-9,11,17H2,1-3H3,(H,18,19). The van der Waals surface area contributed by atoms with Crippen LogP contribution in [0.25, 0.3) is 0 Å². The molecule has 0 saturated carbocycles. The van der Waals surface area contributed by atoms with Gasteiger partial charge in [-0.2, -0.15) is 0 Å². The van der Waals surface area contributed by atoms with Crippen molar-refractivity contribution < 1.29 is 14.3 Å². The summed E-state index contributed by atoms with van der Waals surface area (Å²) in [4.78, 5) is 11.8. The molecule has 1 aromatic carbocycles. The van der Waals surface area contributed by atoms with E-state index in [0.717, 1.165) is 12.8 Å². The molecule has 118 valence electrons. The Kier molecular flexibility index (Phi) is 7.61. The van der Waals surface area contributed by atoms with Crippen molar-refractivity contribution in [3.63, 3.8) is 0 Å². The number of hydrogen-bond acceptors (Lipinski definition) is 4. The summed E-state index contributed by atoms with van der Waals surface area (Å²) in [5.74, 6) is 1.10. The Hall–Kier alpha value is -1.75. The van der Waals surface area contributed by atoms with E-state index in [9.17, 15) is 4.79 Å². The first-order chi connectivity index (χ1) is 10.1. The summed E-state index contributed by atoms with van der Waals surface area (Å²) in [5.41, 5.74) is 6.93. The highest BCUT2D eigenvalue weighted by atomic mass is 16.5. The Morgan fingerprint density at radius 2 is 2.19 bits per heavy atom. The summed E-state index contributed by atoms with van der Waals surface area (Å²) < 4.78 is 10.6. The maximum Gasteiger partial charge on any atom is 0.226 e. The first-order valence-corrected chi connectivity index (χ1v) is 7.38. The van der Waals surface area contributed by atoms with Crippen molar-refractivity contribution in [3.8, 4) is 5.75 Å². The van der Waals surface area contributed by atoms with Crippen molar-refractivity contribution in [2.45, 2.75) is 33.1 Å². The van der Waals surface area contributed by atoms with Crippen LogP contribution in [0, 0.1) is 5.92 Å². The van der Waals surface area contributed by atoms with E-state index in [0.29, 0.717) is 42.7 Å². The summed E-state index contributed by atoms with van der Waals surface area (Å²) in [7, 11) is 1.57. The zero-order valence-electron chi connectivity index (χ0n) is 13.1. The molecule has 0 spiro atoms. The number of amides is 1. The topological polar surface area (TPSA) is 73.6 Å². The lowest BCUT2D eigenvalue weighted by Gasteiger charge is -2.12. The minimum absolute atomic E-state index is 0.102. The number of nitrogens with two attached hydrogens (primary N) is 1. The highest BCUT2D eigenvalue weighted by molar-refractivity contribution is 5.94. The van der Waals surface area contributed by atoms with Crippen LogP contribution in [0.1, 0.15) is 33.1 Å². The molecule has 0 aromatic heterocycles. The van der Waals surface area contributed by atoms with Gasteiger partial charge in [0.15, 0.2) is 0 Å². The van der Waals surface area contributed by atoms with Gasteiger partial charge in [-0.3, -0.25) is 4.79 Å². The summed E-state index contributed by atoms with van der Waals surface area (Å²) in [5, 5.41) is 2.78. The number of carbonyl (C=O) groups is 1. The fourth-order valence-electron chi connectivity index (χ4n) is 2.02. The van der Waals surface area contributed by atoms with Crippen LogP contribution in [-0.4, -0.2) is 26.2 Å². The molecule has 0 aliphatic carbocycles. The molecule has 0 fully saturated rings. The number of ether oxygens (including phenoxy) is 2. The van der Waals surface area contributed by atoms with E-state index >= 15 is 0 Å². The monoisotopic (exact) mass is 294 g/mol. The van der Waals surface area contributed by atoms with Crippen molar-refractivity contribution in [3.05, 3.63) is 18.2 Å². The van der Waals surface area contributed by atoms with Crippen molar-refractivity contribution >= 4 is 17.3 Å². The number of hydrogen-bond donors (Lipinski definition) is 2. The molecule has 21 heavy (non-hydrogen) atoms. The molecular formula is C16H26N2O3. The minimum atomic E-state index is -0.102. The quantitative estimate of drug-likeness (QED) is 0.542. The van der Waals surface area contributed by atoms with Crippen molar-refractivity contribution in [2.24, 2.45) is 5.92 Å². The van der Waals surface area contributed by atoms with Crippen LogP contribution in [0.3, 0.4) is 0 Å². The first-order valence-electron chi connectivity index (χ1n) is 7.38. The lowest BCUT2D eigenvalue weighted by molar-refractivity contribution is -0.117. The molecule has 1 aromatic rings. The smallest absolute Gasteiger partial charge is 0.226 e. The number of carbonyl (C=O) groups excluding carboxylic acids is 1. The summed E-state index contributed by atoms with van der Waals surface area (Å²) in [6.07, 6.45) is 2.63. The zero-order valence-corrected chi connectivity index (χ0v) is 13.1. The lowest BCUT2D eigenvalue weighted by Crippen LogP contribution is -2.16. The molecule has 0 heterocycles. The van der Waals surface area contributed by atoms with Crippen LogP contribution >= 0.6 is 0 Å². The average Bonchev–Trinajstić information content (AvgIpc) is 2.46. The maximum atomic E-state index is 11.8. The number of benzene rings is 1. The molecule has 5 heteroatoms. The van der Waals surface area contributed by atoms with Gasteiger partial charge in [-0.25, -0.2) is 0 Å². The van der Waals surface area contributed by atoms with Gasteiger partial charge in [0.2, 0.25) is 5.91 Å². The molecule has 0 radical (unpaired) electrons. The maximum absolute atomic E-state index is 11.8. The Morgan fingerprint density at radius 3 is 2.81 bits per heavy atom. The van der Waals surface area contributed by atoms with Crippen LogP contribution in [0.4, 0.5) is 11.4 Å². The van der Waals surface area contributed by atoms with E-state index in [-0.39, 0.29) is 5.91 Å². The van der Waals surface area contributed by atoms with E-state index in [1.807, 2.05) is 0 Å². The van der Waals surface area contributed by atoms with Gasteiger partial charge < -0.3 is 20.5 Å². The van der Waals surface area contributed by atoms with Gasteiger partial charge in [0, 0.05) is 12.7 Å². The third kappa shape index (κ3) is 6.49. The van der Waals surface area contributed by atoms with Crippen LogP contribution in [0.2, 0.25) is 0 Å². The first kappa shape index (κ1) is 17.3. The molecule has 0 bridgehead atoms. The van der Waals surface area contributed by atoms with E-state index in [4.69, 9.17) is 15.2 Å². The number of rotatable bonds is 9. The van der Waals surface area contributed by atoms with E-state index < -0.39 is 0 Å². The van der Waals surface area contributed by atoms with Gasteiger partial charge in [-0.1, -0.05) is 20.3 Å². The third-order valence-electron chi connectivity index (χ3n) is 3.19. The van der Waals surface area contributed by atoms with Gasteiger partial charge in [0.1, 0.15) is 5.75 Å². The molecule has 1 rings (SSSR count). The molecule has 0 aliphatic heterocycles. The van der Waals surface area contributed by atoms with Crippen LogP contribution in [-0.2, 0) is 9.53 Å². The summed E-state index contributed by atoms with van der Waals surface area (Å²) in [6.45, 7) is 5.44. The molecule has 1 atom stereocenters. The molecular weight excluding hydrogens is 268 g/mol. The average molecular weight is 294 g/mol. The van der Waals surface area contributed by atoms with Crippen molar-refractivity contribution in [2.75, 3.05) is 31.4 Å². The Balaban J connectivity index is 2.31. The summed E-state index contributed by atoms with van der Waals surface area (Å²) >= 11 is 0. The number of nitrogens with one attached hydrogen (secondary N) is 1. The van der Waals surface area contributed by atoms with Gasteiger partial charge >= 0.3 is 0 Å². The van der Waals surface area contributed by atoms with Gasteiger partial charge in [0.25, 0.3) is 0 Å². The number of nitrogen functional groups attached to an aromatic ring is 1. The largest absolute Gasteiger partial charge is 0.497 e. The second-order valence-corrected chi connectivity index (χ2v) is 5.22. The molecule has 0 saturated heterocycles. The number of methoxy groups -OCH3 is 1. The van der Waals surface area contributed by atoms with Crippen LogP contribution < -0.4 is 15.8 Å². The molecule has 3 N–H and O–H groups in total. The van der Waals surface area contributed by atoms with Crippen LogP contribution in [0.15, 0.2) is 18.2 Å². The Morgan fingerprint density at radius 1 is 1.43 bits per heavy atom. The highest BCUT2D eigenvalue weighted by Crippen LogP contribution is 2.24. The third-order valence-corrected chi connectivity index (χ3v) is 3.19. The fourth-order valence-corrected chi connectivity index (χ4v) is 2.02. The van der Waals surface area contributed by atoms with E-state index in [2.05, 4.69) is 19.2 Å². The minimum Gasteiger partial charge on any atom is -0.497 e. The van der Waals surface area contributed by atoms with Gasteiger partial charge in [-0.05, 0) is 24.5 Å². The van der Waals surface area contributed by atoms with Crippen molar-refractivity contribution in [1.82, 2.24) is 0 Å². The SMILES string of the molecule is CCCC(C)COCCC(=O)Nc1ccc(OC)cc1N. The second-order valence-electron chi connectivity index (χ2n) is 5.22. The predicted molar refractivity (Wildman–Crippen MR) is 85.5 cm³/mol. The molecule has 5 nitrogen and oxygen atoms in total.